The molecule has 1 nitrogen and oxygen atoms in total. The predicted octanol–water partition coefficient (Wildman–Crippen LogP) is 2.92. The molecule has 0 bridgehead atoms. The number of aryl methyl sites for hydroxylation is 1. The van der Waals surface area contributed by atoms with Crippen molar-refractivity contribution in [3.8, 4) is 5.69 Å². The van der Waals surface area contributed by atoms with Gasteiger partial charge in [0.25, 0.3) is 0 Å². The second-order valence-corrected chi connectivity index (χ2v) is 3.05. The molecule has 0 aliphatic heterocycles. The molecule has 2 rings (SSSR count). The molecule has 0 aliphatic carbocycles. The average Bonchev–Trinajstić information content (AvgIpc) is 2.53. The summed E-state index contributed by atoms with van der Waals surface area (Å²) in [6, 6.07) is 8.69. The largest absolute Gasteiger partial charge is 0.321 e. The third kappa shape index (κ3) is 1.47. The van der Waals surface area contributed by atoms with Crippen molar-refractivity contribution in [2.24, 2.45) is 0 Å². The SMILES string of the molecule is Cc1ccn(-c2ccccc2F)c1. The van der Waals surface area contributed by atoms with Crippen molar-refractivity contribution >= 4 is 0 Å². The van der Waals surface area contributed by atoms with Crippen LogP contribution in [0.2, 0.25) is 0 Å². The zero-order valence-electron chi connectivity index (χ0n) is 7.37. The molecule has 0 saturated carbocycles. The molecule has 0 unspecified atom stereocenters. The Hall–Kier alpha value is -1.57. The lowest BCUT2D eigenvalue weighted by Gasteiger charge is -2.02. The Kier molecular flexibility index (Phi) is 1.89. The lowest BCUT2D eigenvalue weighted by molar-refractivity contribution is 0.618. The Balaban J connectivity index is 2.52. The van der Waals surface area contributed by atoms with Gasteiger partial charge < -0.3 is 4.57 Å². The van der Waals surface area contributed by atoms with Gasteiger partial charge in [0.15, 0.2) is 0 Å². The maximum atomic E-state index is 13.3. The molecular weight excluding hydrogens is 165 g/mol. The van der Waals surface area contributed by atoms with Crippen LogP contribution in [0.5, 0.6) is 0 Å². The molecule has 0 atom stereocenters. The smallest absolute Gasteiger partial charge is 0.147 e. The van der Waals surface area contributed by atoms with E-state index in [9.17, 15) is 4.39 Å². The first-order valence-corrected chi connectivity index (χ1v) is 4.17. The first-order chi connectivity index (χ1) is 6.27. The minimum absolute atomic E-state index is 0.196. The van der Waals surface area contributed by atoms with E-state index < -0.39 is 0 Å². The fourth-order valence-corrected chi connectivity index (χ4v) is 1.31. The average molecular weight is 175 g/mol. The van der Waals surface area contributed by atoms with Crippen molar-refractivity contribution in [3.63, 3.8) is 0 Å². The molecule has 0 N–H and O–H groups in total. The first-order valence-electron chi connectivity index (χ1n) is 4.17. The van der Waals surface area contributed by atoms with Crippen molar-refractivity contribution in [3.05, 3.63) is 54.1 Å². The molecule has 0 aliphatic rings. The summed E-state index contributed by atoms with van der Waals surface area (Å²) in [5, 5.41) is 0. The monoisotopic (exact) mass is 175 g/mol. The highest BCUT2D eigenvalue weighted by Gasteiger charge is 2.01. The third-order valence-corrected chi connectivity index (χ3v) is 1.97. The minimum atomic E-state index is -0.196. The highest BCUT2D eigenvalue weighted by Crippen LogP contribution is 2.13. The van der Waals surface area contributed by atoms with Crippen molar-refractivity contribution in [1.82, 2.24) is 4.57 Å². The quantitative estimate of drug-likeness (QED) is 0.628. The van der Waals surface area contributed by atoms with Crippen LogP contribution in [-0.4, -0.2) is 4.57 Å². The van der Waals surface area contributed by atoms with E-state index in [-0.39, 0.29) is 5.82 Å². The summed E-state index contributed by atoms with van der Waals surface area (Å²) in [6.07, 6.45) is 3.76. The summed E-state index contributed by atoms with van der Waals surface area (Å²) in [5.74, 6) is -0.196. The second kappa shape index (κ2) is 3.05. The summed E-state index contributed by atoms with van der Waals surface area (Å²) in [4.78, 5) is 0. The van der Waals surface area contributed by atoms with Gasteiger partial charge in [0.2, 0.25) is 0 Å². The minimum Gasteiger partial charge on any atom is -0.321 e. The van der Waals surface area contributed by atoms with Gasteiger partial charge in [-0.15, -0.1) is 0 Å². The number of nitrogens with zero attached hydrogens (tertiary/aromatic N) is 1. The number of halogens is 1. The lowest BCUT2D eigenvalue weighted by atomic mass is 10.3. The van der Waals surface area contributed by atoms with Gasteiger partial charge in [-0.05, 0) is 30.7 Å². The van der Waals surface area contributed by atoms with Gasteiger partial charge in [-0.25, -0.2) is 4.39 Å². The van der Waals surface area contributed by atoms with Gasteiger partial charge in [0, 0.05) is 12.4 Å². The Labute approximate surface area is 76.4 Å². The fourth-order valence-electron chi connectivity index (χ4n) is 1.31. The molecule has 1 aromatic carbocycles. The van der Waals surface area contributed by atoms with E-state index in [0.717, 1.165) is 5.56 Å². The van der Waals surface area contributed by atoms with E-state index in [4.69, 9.17) is 0 Å². The normalized spacial score (nSPS) is 10.3. The maximum Gasteiger partial charge on any atom is 0.147 e. The Bertz CT molecular complexity index is 418. The molecule has 0 spiro atoms. The van der Waals surface area contributed by atoms with Crippen molar-refractivity contribution in [2.75, 3.05) is 0 Å². The molecular formula is C11H10FN. The van der Waals surface area contributed by atoms with Gasteiger partial charge in [0.05, 0.1) is 5.69 Å². The van der Waals surface area contributed by atoms with Crippen molar-refractivity contribution < 1.29 is 4.39 Å². The third-order valence-electron chi connectivity index (χ3n) is 1.97. The van der Waals surface area contributed by atoms with E-state index in [1.165, 1.54) is 6.07 Å². The van der Waals surface area contributed by atoms with Gasteiger partial charge in [-0.3, -0.25) is 0 Å². The van der Waals surface area contributed by atoms with Crippen LogP contribution in [0.15, 0.2) is 42.7 Å². The summed E-state index contributed by atoms with van der Waals surface area (Å²) < 4.78 is 15.0. The standard InChI is InChI=1S/C11H10FN/c1-9-6-7-13(8-9)11-5-3-2-4-10(11)12/h2-8H,1H3. The number of hydrogen-bond donors (Lipinski definition) is 0. The van der Waals surface area contributed by atoms with Crippen LogP contribution in [0.25, 0.3) is 5.69 Å². The molecule has 13 heavy (non-hydrogen) atoms. The zero-order chi connectivity index (χ0) is 9.26. The van der Waals surface area contributed by atoms with Crippen molar-refractivity contribution in [1.29, 1.82) is 0 Å². The molecule has 2 aromatic rings. The molecule has 0 fully saturated rings. The van der Waals surface area contributed by atoms with Gasteiger partial charge in [0.1, 0.15) is 5.82 Å². The zero-order valence-corrected chi connectivity index (χ0v) is 7.37. The molecule has 0 amide bonds. The van der Waals surface area contributed by atoms with Gasteiger partial charge in [-0.2, -0.15) is 0 Å². The highest BCUT2D eigenvalue weighted by atomic mass is 19.1. The van der Waals surface area contributed by atoms with Crippen LogP contribution >= 0.6 is 0 Å². The second-order valence-electron chi connectivity index (χ2n) is 3.05. The summed E-state index contributed by atoms with van der Waals surface area (Å²) in [5.41, 5.74) is 1.72. The van der Waals surface area contributed by atoms with E-state index in [0.29, 0.717) is 5.69 Å². The Morgan fingerprint density at radius 3 is 2.54 bits per heavy atom. The van der Waals surface area contributed by atoms with E-state index in [1.807, 2.05) is 31.5 Å². The summed E-state index contributed by atoms with van der Waals surface area (Å²) in [6.45, 7) is 1.98. The van der Waals surface area contributed by atoms with Crippen LogP contribution in [-0.2, 0) is 0 Å². The number of benzene rings is 1. The predicted molar refractivity (Wildman–Crippen MR) is 50.5 cm³/mol. The lowest BCUT2D eigenvalue weighted by Crippen LogP contribution is -1.92. The van der Waals surface area contributed by atoms with E-state index in [1.54, 1.807) is 16.7 Å². The summed E-state index contributed by atoms with van der Waals surface area (Å²) >= 11 is 0. The molecule has 0 saturated heterocycles. The number of aromatic nitrogens is 1. The molecule has 2 heteroatoms. The van der Waals surface area contributed by atoms with Gasteiger partial charge >= 0.3 is 0 Å². The Morgan fingerprint density at radius 1 is 1.15 bits per heavy atom. The molecule has 1 heterocycles. The topological polar surface area (TPSA) is 4.93 Å². The van der Waals surface area contributed by atoms with Crippen LogP contribution in [0.1, 0.15) is 5.56 Å². The molecule has 66 valence electrons. The van der Waals surface area contributed by atoms with Crippen LogP contribution in [0.4, 0.5) is 4.39 Å². The summed E-state index contributed by atoms with van der Waals surface area (Å²) in [7, 11) is 0. The fraction of sp³-hybridized carbons (Fsp3) is 0.0909. The number of hydrogen-bond acceptors (Lipinski definition) is 0. The molecule has 1 aromatic heterocycles. The van der Waals surface area contributed by atoms with Crippen LogP contribution in [0.3, 0.4) is 0 Å². The van der Waals surface area contributed by atoms with Gasteiger partial charge in [-0.1, -0.05) is 12.1 Å². The maximum absolute atomic E-state index is 13.3. The number of para-hydroxylation sites is 1. The molecule has 0 radical (unpaired) electrons. The van der Waals surface area contributed by atoms with E-state index >= 15 is 0 Å². The van der Waals surface area contributed by atoms with Crippen LogP contribution < -0.4 is 0 Å². The number of rotatable bonds is 1. The van der Waals surface area contributed by atoms with E-state index in [2.05, 4.69) is 0 Å². The van der Waals surface area contributed by atoms with Crippen molar-refractivity contribution in [2.45, 2.75) is 6.92 Å². The highest BCUT2D eigenvalue weighted by molar-refractivity contribution is 5.34. The van der Waals surface area contributed by atoms with Crippen LogP contribution in [0, 0.1) is 12.7 Å². The first kappa shape index (κ1) is 8.05. The Morgan fingerprint density at radius 2 is 1.92 bits per heavy atom.